The Morgan fingerprint density at radius 3 is 2.92 bits per heavy atom. The SMILES string of the molecule is Cc1cc(=O)n2c(n1)NC(=O)C2C. The van der Waals surface area contributed by atoms with Crippen molar-refractivity contribution in [3.8, 4) is 0 Å². The van der Waals surface area contributed by atoms with Crippen molar-refractivity contribution >= 4 is 11.9 Å². The number of nitrogens with one attached hydrogen (secondary N) is 1. The molecule has 2 rings (SSSR count). The van der Waals surface area contributed by atoms with Gasteiger partial charge in [-0.25, -0.2) is 4.98 Å². The number of carbonyl (C=O) groups is 1. The number of hydrogen-bond acceptors (Lipinski definition) is 3. The zero-order chi connectivity index (χ0) is 9.59. The number of amides is 1. The molecule has 1 atom stereocenters. The van der Waals surface area contributed by atoms with Crippen LogP contribution in [0, 0.1) is 6.92 Å². The molecule has 13 heavy (non-hydrogen) atoms. The van der Waals surface area contributed by atoms with Crippen molar-refractivity contribution in [3.05, 3.63) is 22.1 Å². The minimum atomic E-state index is -0.449. The average molecular weight is 179 g/mol. The fourth-order valence-corrected chi connectivity index (χ4v) is 1.40. The van der Waals surface area contributed by atoms with Gasteiger partial charge >= 0.3 is 0 Å². The summed E-state index contributed by atoms with van der Waals surface area (Å²) in [5.74, 6) is 0.165. The minimum Gasteiger partial charge on any atom is -0.294 e. The highest BCUT2D eigenvalue weighted by molar-refractivity contribution is 5.95. The first-order valence-corrected chi connectivity index (χ1v) is 4.00. The highest BCUT2D eigenvalue weighted by Crippen LogP contribution is 2.18. The van der Waals surface area contributed by atoms with Crippen LogP contribution in [0.1, 0.15) is 18.7 Å². The lowest BCUT2D eigenvalue weighted by Crippen LogP contribution is -2.22. The van der Waals surface area contributed by atoms with Crippen LogP contribution >= 0.6 is 0 Å². The molecule has 0 saturated heterocycles. The predicted octanol–water partition coefficient (Wildman–Crippen LogP) is 0.0648. The summed E-state index contributed by atoms with van der Waals surface area (Å²) in [5, 5.41) is 2.54. The summed E-state index contributed by atoms with van der Waals surface area (Å²) in [4.78, 5) is 26.6. The quantitative estimate of drug-likeness (QED) is 0.612. The van der Waals surface area contributed by atoms with Gasteiger partial charge in [-0.1, -0.05) is 0 Å². The maximum Gasteiger partial charge on any atom is 0.255 e. The van der Waals surface area contributed by atoms with E-state index >= 15 is 0 Å². The second-order valence-electron chi connectivity index (χ2n) is 3.09. The summed E-state index contributed by atoms with van der Waals surface area (Å²) >= 11 is 0. The Bertz CT molecular complexity index is 436. The molecule has 1 unspecified atom stereocenters. The van der Waals surface area contributed by atoms with Crippen LogP contribution in [0.4, 0.5) is 5.95 Å². The monoisotopic (exact) mass is 179 g/mol. The topological polar surface area (TPSA) is 64.0 Å². The van der Waals surface area contributed by atoms with Gasteiger partial charge in [0, 0.05) is 11.8 Å². The summed E-state index contributed by atoms with van der Waals surface area (Å²) < 4.78 is 1.36. The van der Waals surface area contributed by atoms with Crippen LogP contribution < -0.4 is 10.9 Å². The molecule has 68 valence electrons. The zero-order valence-corrected chi connectivity index (χ0v) is 7.37. The lowest BCUT2D eigenvalue weighted by Gasteiger charge is -2.03. The van der Waals surface area contributed by atoms with Crippen molar-refractivity contribution in [1.29, 1.82) is 0 Å². The molecule has 0 fully saturated rings. The minimum absolute atomic E-state index is 0.185. The van der Waals surface area contributed by atoms with Crippen LogP contribution in [0.2, 0.25) is 0 Å². The van der Waals surface area contributed by atoms with Crippen molar-refractivity contribution in [2.24, 2.45) is 0 Å². The van der Waals surface area contributed by atoms with E-state index in [-0.39, 0.29) is 11.5 Å². The Morgan fingerprint density at radius 1 is 1.54 bits per heavy atom. The van der Waals surface area contributed by atoms with Gasteiger partial charge in [0.15, 0.2) is 0 Å². The van der Waals surface area contributed by atoms with Gasteiger partial charge in [0.1, 0.15) is 6.04 Å². The second kappa shape index (κ2) is 2.42. The molecular weight excluding hydrogens is 170 g/mol. The third-order valence-corrected chi connectivity index (χ3v) is 2.08. The first-order valence-electron chi connectivity index (χ1n) is 4.00. The smallest absolute Gasteiger partial charge is 0.255 e. The van der Waals surface area contributed by atoms with E-state index in [9.17, 15) is 9.59 Å². The Hall–Kier alpha value is -1.65. The summed E-state index contributed by atoms with van der Waals surface area (Å²) in [5.41, 5.74) is 0.430. The first kappa shape index (κ1) is 7.97. The number of anilines is 1. The van der Waals surface area contributed by atoms with E-state index in [4.69, 9.17) is 0 Å². The molecule has 1 amide bonds. The van der Waals surface area contributed by atoms with Gasteiger partial charge in [0.05, 0.1) is 0 Å². The first-order chi connectivity index (χ1) is 6.09. The molecule has 0 radical (unpaired) electrons. The number of fused-ring (bicyclic) bond motifs is 1. The predicted molar refractivity (Wildman–Crippen MR) is 46.6 cm³/mol. The second-order valence-corrected chi connectivity index (χ2v) is 3.09. The van der Waals surface area contributed by atoms with E-state index in [1.54, 1.807) is 13.8 Å². The van der Waals surface area contributed by atoms with Crippen LogP contribution in [0.25, 0.3) is 0 Å². The molecule has 1 aromatic heterocycles. The number of nitrogens with zero attached hydrogens (tertiary/aromatic N) is 2. The Morgan fingerprint density at radius 2 is 2.23 bits per heavy atom. The van der Waals surface area contributed by atoms with Crippen molar-refractivity contribution < 1.29 is 4.79 Å². The van der Waals surface area contributed by atoms with Gasteiger partial charge in [-0.05, 0) is 13.8 Å². The fraction of sp³-hybridized carbons (Fsp3) is 0.375. The molecule has 1 aliphatic rings. The largest absolute Gasteiger partial charge is 0.294 e. The molecule has 5 nitrogen and oxygen atoms in total. The molecule has 1 aliphatic heterocycles. The van der Waals surface area contributed by atoms with Gasteiger partial charge in [0.25, 0.3) is 5.56 Å². The summed E-state index contributed by atoms with van der Waals surface area (Å²) in [6.45, 7) is 3.39. The van der Waals surface area contributed by atoms with Crippen LogP contribution in [0.5, 0.6) is 0 Å². The van der Waals surface area contributed by atoms with Gasteiger partial charge < -0.3 is 0 Å². The Balaban J connectivity index is 2.71. The number of hydrogen-bond donors (Lipinski definition) is 1. The fourth-order valence-electron chi connectivity index (χ4n) is 1.40. The van der Waals surface area contributed by atoms with Gasteiger partial charge in [-0.15, -0.1) is 0 Å². The number of aromatic nitrogens is 2. The summed E-state index contributed by atoms with van der Waals surface area (Å²) in [7, 11) is 0. The van der Waals surface area contributed by atoms with Crippen molar-refractivity contribution in [1.82, 2.24) is 9.55 Å². The summed E-state index contributed by atoms with van der Waals surface area (Å²) in [6.07, 6.45) is 0. The average Bonchev–Trinajstić information content (AvgIpc) is 2.27. The number of carbonyl (C=O) groups excluding carboxylic acids is 1. The van der Waals surface area contributed by atoms with Gasteiger partial charge in [-0.3, -0.25) is 19.5 Å². The Kier molecular flexibility index (Phi) is 1.48. The normalized spacial score (nSPS) is 19.8. The summed E-state index contributed by atoms with van der Waals surface area (Å²) in [6, 6.07) is 0.968. The maximum absolute atomic E-state index is 11.4. The van der Waals surface area contributed by atoms with Gasteiger partial charge in [0.2, 0.25) is 11.9 Å². The van der Waals surface area contributed by atoms with E-state index in [0.29, 0.717) is 11.6 Å². The molecule has 1 N–H and O–H groups in total. The van der Waals surface area contributed by atoms with E-state index in [1.165, 1.54) is 10.6 Å². The van der Waals surface area contributed by atoms with Crippen molar-refractivity contribution in [2.75, 3.05) is 5.32 Å². The highest BCUT2D eigenvalue weighted by Gasteiger charge is 2.27. The number of rotatable bonds is 0. The van der Waals surface area contributed by atoms with Gasteiger partial charge in [-0.2, -0.15) is 0 Å². The number of aryl methyl sites for hydroxylation is 1. The van der Waals surface area contributed by atoms with Crippen LogP contribution in [0.3, 0.4) is 0 Å². The van der Waals surface area contributed by atoms with Crippen LogP contribution in [-0.4, -0.2) is 15.5 Å². The zero-order valence-electron chi connectivity index (χ0n) is 7.37. The molecular formula is C8H9N3O2. The molecule has 1 aromatic rings. The lowest BCUT2D eigenvalue weighted by molar-refractivity contribution is -0.117. The lowest BCUT2D eigenvalue weighted by atomic mass is 10.3. The molecule has 0 aromatic carbocycles. The molecule has 0 bridgehead atoms. The van der Waals surface area contributed by atoms with E-state index < -0.39 is 6.04 Å². The van der Waals surface area contributed by atoms with E-state index in [0.717, 1.165) is 0 Å². The third-order valence-electron chi connectivity index (χ3n) is 2.08. The standard InChI is InChI=1S/C8H9N3O2/c1-4-3-6(12)11-5(2)7(13)10-8(11)9-4/h3,5H,1-2H3,(H,9,10,13). The van der Waals surface area contributed by atoms with E-state index in [1.807, 2.05) is 0 Å². The van der Waals surface area contributed by atoms with Crippen LogP contribution in [-0.2, 0) is 4.79 Å². The molecule has 0 saturated carbocycles. The molecule has 0 aliphatic carbocycles. The molecule has 5 heteroatoms. The van der Waals surface area contributed by atoms with Crippen molar-refractivity contribution in [3.63, 3.8) is 0 Å². The van der Waals surface area contributed by atoms with Crippen LogP contribution in [0.15, 0.2) is 10.9 Å². The molecule has 0 spiro atoms. The van der Waals surface area contributed by atoms with E-state index in [2.05, 4.69) is 10.3 Å². The van der Waals surface area contributed by atoms with Crippen molar-refractivity contribution in [2.45, 2.75) is 19.9 Å². The highest BCUT2D eigenvalue weighted by atomic mass is 16.2. The Labute approximate surface area is 74.4 Å². The third kappa shape index (κ3) is 1.04. The molecule has 2 heterocycles. The maximum atomic E-state index is 11.4.